The zero-order valence-electron chi connectivity index (χ0n) is 8.61. The fourth-order valence-electron chi connectivity index (χ4n) is 1.21. The van der Waals surface area contributed by atoms with Crippen molar-refractivity contribution in [1.29, 1.82) is 0 Å². The van der Waals surface area contributed by atoms with Crippen LogP contribution in [0.5, 0.6) is 0 Å². The van der Waals surface area contributed by atoms with Crippen molar-refractivity contribution in [3.63, 3.8) is 0 Å². The summed E-state index contributed by atoms with van der Waals surface area (Å²) in [5.74, 6) is 0.736. The topological polar surface area (TPSA) is 51.8 Å². The molecular formula is C11H17N3. The highest BCUT2D eigenvalue weighted by Crippen LogP contribution is 2.12. The monoisotopic (exact) mass is 191 g/mol. The molecule has 0 radical (unpaired) electrons. The highest BCUT2D eigenvalue weighted by atomic mass is 14.9. The molecule has 1 rings (SSSR count). The Morgan fingerprint density at radius 1 is 1.50 bits per heavy atom. The first-order valence-corrected chi connectivity index (χ1v) is 4.89. The Hall–Kier alpha value is -1.22. The summed E-state index contributed by atoms with van der Waals surface area (Å²) < 4.78 is 0. The van der Waals surface area contributed by atoms with Crippen LogP contribution in [0.15, 0.2) is 25.0 Å². The number of nitrogens with zero attached hydrogens (tertiary/aromatic N) is 2. The average molecular weight is 191 g/mol. The fraction of sp³-hybridized carbons (Fsp3) is 0.455. The van der Waals surface area contributed by atoms with Crippen LogP contribution < -0.4 is 5.73 Å². The summed E-state index contributed by atoms with van der Waals surface area (Å²) in [4.78, 5) is 8.39. The van der Waals surface area contributed by atoms with Crippen LogP contribution in [0, 0.1) is 6.92 Å². The molecule has 3 heteroatoms. The number of hydrogen-bond acceptors (Lipinski definition) is 3. The van der Waals surface area contributed by atoms with Gasteiger partial charge in [0.25, 0.3) is 0 Å². The van der Waals surface area contributed by atoms with E-state index in [9.17, 15) is 0 Å². The standard InChI is InChI=1S/C11H17N3/c1-3-4-5-6-10(12)11-13-7-9(2)8-14-11/h3,7-8,10H,1,4-6,12H2,2H3. The first-order valence-electron chi connectivity index (χ1n) is 4.89. The molecule has 0 aromatic carbocycles. The Morgan fingerprint density at radius 2 is 2.14 bits per heavy atom. The van der Waals surface area contributed by atoms with Crippen LogP contribution in [0.3, 0.4) is 0 Å². The van der Waals surface area contributed by atoms with Gasteiger partial charge in [-0.1, -0.05) is 6.08 Å². The van der Waals surface area contributed by atoms with Gasteiger partial charge in [-0.2, -0.15) is 0 Å². The maximum Gasteiger partial charge on any atom is 0.144 e. The minimum atomic E-state index is -0.0458. The molecule has 0 aliphatic carbocycles. The Bertz CT molecular complexity index is 279. The molecule has 1 unspecified atom stereocenters. The number of aromatic nitrogens is 2. The summed E-state index contributed by atoms with van der Waals surface area (Å²) in [5, 5.41) is 0. The Morgan fingerprint density at radius 3 is 2.71 bits per heavy atom. The van der Waals surface area contributed by atoms with Crippen molar-refractivity contribution < 1.29 is 0 Å². The quantitative estimate of drug-likeness (QED) is 0.573. The summed E-state index contributed by atoms with van der Waals surface area (Å²) in [6, 6.07) is -0.0458. The lowest BCUT2D eigenvalue weighted by Crippen LogP contribution is -2.13. The van der Waals surface area contributed by atoms with Crippen molar-refractivity contribution in [2.24, 2.45) is 5.73 Å². The van der Waals surface area contributed by atoms with Crippen LogP contribution in [0.2, 0.25) is 0 Å². The largest absolute Gasteiger partial charge is 0.321 e. The Kier molecular flexibility index (Phi) is 4.26. The van der Waals surface area contributed by atoms with Gasteiger partial charge in [0.2, 0.25) is 0 Å². The van der Waals surface area contributed by atoms with Crippen molar-refractivity contribution in [3.8, 4) is 0 Å². The van der Waals surface area contributed by atoms with Crippen molar-refractivity contribution in [3.05, 3.63) is 36.4 Å². The van der Waals surface area contributed by atoms with E-state index in [0.717, 1.165) is 30.7 Å². The zero-order chi connectivity index (χ0) is 10.4. The minimum absolute atomic E-state index is 0.0458. The lowest BCUT2D eigenvalue weighted by atomic mass is 10.1. The van der Waals surface area contributed by atoms with Crippen molar-refractivity contribution in [1.82, 2.24) is 9.97 Å². The second-order valence-electron chi connectivity index (χ2n) is 3.44. The summed E-state index contributed by atoms with van der Waals surface area (Å²) in [6.07, 6.45) is 8.46. The molecule has 14 heavy (non-hydrogen) atoms. The smallest absolute Gasteiger partial charge is 0.144 e. The van der Waals surface area contributed by atoms with E-state index in [1.165, 1.54) is 0 Å². The van der Waals surface area contributed by atoms with E-state index in [1.54, 1.807) is 12.4 Å². The number of unbranched alkanes of at least 4 members (excludes halogenated alkanes) is 1. The molecular weight excluding hydrogens is 174 g/mol. The van der Waals surface area contributed by atoms with Gasteiger partial charge in [0, 0.05) is 12.4 Å². The van der Waals surface area contributed by atoms with Crippen molar-refractivity contribution in [2.75, 3.05) is 0 Å². The molecule has 76 valence electrons. The third-order valence-corrected chi connectivity index (χ3v) is 2.06. The van der Waals surface area contributed by atoms with Gasteiger partial charge in [-0.15, -0.1) is 6.58 Å². The molecule has 0 fully saturated rings. The molecule has 0 saturated heterocycles. The number of allylic oxidation sites excluding steroid dienone is 1. The highest BCUT2D eigenvalue weighted by Gasteiger charge is 2.07. The molecule has 3 nitrogen and oxygen atoms in total. The van der Waals surface area contributed by atoms with Gasteiger partial charge in [-0.05, 0) is 31.7 Å². The number of hydrogen-bond donors (Lipinski definition) is 1. The predicted octanol–water partition coefficient (Wildman–Crippen LogP) is 2.14. The Labute approximate surface area is 85.1 Å². The van der Waals surface area contributed by atoms with E-state index in [0.29, 0.717) is 0 Å². The first kappa shape index (κ1) is 10.9. The zero-order valence-corrected chi connectivity index (χ0v) is 8.61. The van der Waals surface area contributed by atoms with Gasteiger partial charge >= 0.3 is 0 Å². The lowest BCUT2D eigenvalue weighted by Gasteiger charge is -2.08. The van der Waals surface area contributed by atoms with E-state index >= 15 is 0 Å². The minimum Gasteiger partial charge on any atom is -0.321 e. The molecule has 0 amide bonds. The number of rotatable bonds is 5. The summed E-state index contributed by atoms with van der Waals surface area (Å²) in [6.45, 7) is 5.64. The van der Waals surface area contributed by atoms with Gasteiger partial charge in [0.15, 0.2) is 0 Å². The van der Waals surface area contributed by atoms with Gasteiger partial charge in [0.1, 0.15) is 5.82 Å². The van der Waals surface area contributed by atoms with Gasteiger partial charge in [-0.3, -0.25) is 0 Å². The van der Waals surface area contributed by atoms with E-state index in [-0.39, 0.29) is 6.04 Å². The molecule has 2 N–H and O–H groups in total. The summed E-state index contributed by atoms with van der Waals surface area (Å²) >= 11 is 0. The van der Waals surface area contributed by atoms with Gasteiger partial charge in [0.05, 0.1) is 6.04 Å². The number of nitrogens with two attached hydrogens (primary N) is 1. The van der Waals surface area contributed by atoms with E-state index in [4.69, 9.17) is 5.73 Å². The predicted molar refractivity (Wildman–Crippen MR) is 57.7 cm³/mol. The third kappa shape index (κ3) is 3.26. The SMILES string of the molecule is C=CCCCC(N)c1ncc(C)cn1. The molecule has 0 saturated carbocycles. The van der Waals surface area contributed by atoms with E-state index in [2.05, 4.69) is 16.5 Å². The van der Waals surface area contributed by atoms with Crippen LogP contribution in [-0.2, 0) is 0 Å². The van der Waals surface area contributed by atoms with Crippen LogP contribution >= 0.6 is 0 Å². The normalized spacial score (nSPS) is 12.4. The van der Waals surface area contributed by atoms with Crippen molar-refractivity contribution in [2.45, 2.75) is 32.2 Å². The van der Waals surface area contributed by atoms with Gasteiger partial charge < -0.3 is 5.73 Å². The third-order valence-electron chi connectivity index (χ3n) is 2.06. The van der Waals surface area contributed by atoms with Crippen LogP contribution in [-0.4, -0.2) is 9.97 Å². The molecule has 0 aliphatic rings. The second-order valence-corrected chi connectivity index (χ2v) is 3.44. The van der Waals surface area contributed by atoms with E-state index < -0.39 is 0 Å². The van der Waals surface area contributed by atoms with E-state index in [1.807, 2.05) is 13.0 Å². The van der Waals surface area contributed by atoms with Crippen LogP contribution in [0.1, 0.15) is 36.7 Å². The molecule has 0 bridgehead atoms. The summed E-state index contributed by atoms with van der Waals surface area (Å²) in [7, 11) is 0. The first-order chi connectivity index (χ1) is 6.74. The molecule has 1 aromatic heterocycles. The van der Waals surface area contributed by atoms with Crippen molar-refractivity contribution >= 4 is 0 Å². The average Bonchev–Trinajstić information content (AvgIpc) is 2.19. The Balaban J connectivity index is 2.47. The molecule has 1 heterocycles. The highest BCUT2D eigenvalue weighted by molar-refractivity contribution is 5.04. The molecule has 0 spiro atoms. The van der Waals surface area contributed by atoms with Gasteiger partial charge in [-0.25, -0.2) is 9.97 Å². The maximum absolute atomic E-state index is 5.93. The molecule has 1 aromatic rings. The summed E-state index contributed by atoms with van der Waals surface area (Å²) in [5.41, 5.74) is 6.99. The molecule has 1 atom stereocenters. The second kappa shape index (κ2) is 5.50. The fourth-order valence-corrected chi connectivity index (χ4v) is 1.21. The number of aryl methyl sites for hydroxylation is 1. The maximum atomic E-state index is 5.93. The van der Waals surface area contributed by atoms with Crippen LogP contribution in [0.4, 0.5) is 0 Å². The lowest BCUT2D eigenvalue weighted by molar-refractivity contribution is 0.585. The van der Waals surface area contributed by atoms with Crippen LogP contribution in [0.25, 0.3) is 0 Å². The molecule has 0 aliphatic heterocycles.